The number of halogens is 18. The molecule has 2 aromatic heterocycles. The number of anilines is 4. The molecule has 1 N–H and O–H groups in total. The Kier molecular flexibility index (Phi) is 10.2. The molecule has 4 heterocycles. The lowest BCUT2D eigenvalue weighted by atomic mass is 9.82. The Bertz CT molecular complexity index is 1360. The van der Waals surface area contributed by atoms with Crippen molar-refractivity contribution in [2.24, 2.45) is 0 Å². The van der Waals surface area contributed by atoms with Gasteiger partial charge in [-0.15, -0.1) is 0 Å². The van der Waals surface area contributed by atoms with E-state index in [1.807, 2.05) is 0 Å². The molecule has 9 nitrogen and oxygen atoms in total. The fourth-order valence-electron chi connectivity index (χ4n) is 5.47. The van der Waals surface area contributed by atoms with Crippen molar-refractivity contribution < 1.29 is 79.0 Å². The molecule has 0 bridgehead atoms. The van der Waals surface area contributed by atoms with Gasteiger partial charge in [0.25, 0.3) is 0 Å². The Morgan fingerprint density at radius 2 is 0.627 bits per heavy atom. The largest absolute Gasteiger partial charge is 0.419 e. The average molecular weight is 777 g/mol. The minimum Gasteiger partial charge on any atom is -0.341 e. The zero-order valence-corrected chi connectivity index (χ0v) is 25.0. The number of piperidine rings is 2. The number of aromatic nitrogens is 6. The minimum absolute atomic E-state index is 0.208. The van der Waals surface area contributed by atoms with Crippen LogP contribution < -0.4 is 15.1 Å². The van der Waals surface area contributed by atoms with E-state index in [0.717, 1.165) is 0 Å². The summed E-state index contributed by atoms with van der Waals surface area (Å²) in [6, 6.07) is 0. The normalized spacial score (nSPS) is 17.9. The molecule has 0 amide bonds. The molecule has 0 spiro atoms. The minimum atomic E-state index is -7.80. The van der Waals surface area contributed by atoms with Crippen molar-refractivity contribution in [3.8, 4) is 0 Å². The van der Waals surface area contributed by atoms with Gasteiger partial charge >= 0.3 is 47.9 Å². The standard InChI is InChI=1S/C24H21F18N9/c25-19(26,27)17(20(28,29)30,21(31,32)33)11-43-12(18(22(34,35)36,23(37,38)39)24(40,41)42)45-13(44-11)46-14-47-15(50-7-3-1-4-8-50)49-16(48-14)51-9-5-2-6-10-51/h1-10H2,(H,43,44,45,46,47,48,49). The first-order chi connectivity index (χ1) is 23.1. The number of hydrogen-bond donors (Lipinski definition) is 1. The van der Waals surface area contributed by atoms with Gasteiger partial charge in [-0.1, -0.05) is 0 Å². The molecule has 4 rings (SSSR count). The molecule has 0 saturated carbocycles. The molecular weight excluding hydrogens is 756 g/mol. The molecule has 51 heavy (non-hydrogen) atoms. The van der Waals surface area contributed by atoms with Crippen LogP contribution in [-0.4, -0.2) is 93.1 Å². The van der Waals surface area contributed by atoms with Crippen LogP contribution in [0.15, 0.2) is 0 Å². The van der Waals surface area contributed by atoms with Gasteiger partial charge < -0.3 is 9.80 Å². The topological polar surface area (TPSA) is 95.9 Å². The van der Waals surface area contributed by atoms with E-state index >= 15 is 0 Å². The SMILES string of the molecule is FC(F)(F)C(c1nc(Nc2nc(N3CCCCC3)nc(N3CCCCC3)n2)nc(C(C(F)(F)F)(C(F)(F)F)C(F)(F)F)n1)(C(F)(F)F)C(F)(F)F. The van der Waals surface area contributed by atoms with Gasteiger partial charge in [-0.2, -0.15) is 104 Å². The van der Waals surface area contributed by atoms with Crippen LogP contribution in [-0.2, 0) is 10.8 Å². The van der Waals surface area contributed by atoms with Gasteiger partial charge in [0.1, 0.15) is 0 Å². The first-order valence-corrected chi connectivity index (χ1v) is 14.3. The highest BCUT2D eigenvalue weighted by Gasteiger charge is 2.89. The quantitative estimate of drug-likeness (QED) is 0.297. The van der Waals surface area contributed by atoms with E-state index in [0.29, 0.717) is 38.5 Å². The predicted molar refractivity (Wildman–Crippen MR) is 135 cm³/mol. The number of hydrogen-bond acceptors (Lipinski definition) is 9. The van der Waals surface area contributed by atoms with Crippen LogP contribution >= 0.6 is 0 Å². The Morgan fingerprint density at radius 3 is 0.902 bits per heavy atom. The first-order valence-electron chi connectivity index (χ1n) is 14.3. The molecule has 2 aromatic rings. The lowest BCUT2D eigenvalue weighted by molar-refractivity contribution is -0.391. The lowest BCUT2D eigenvalue weighted by Crippen LogP contribution is -2.66. The third-order valence-corrected chi connectivity index (χ3v) is 7.97. The Hall–Kier alpha value is -3.84. The van der Waals surface area contributed by atoms with Crippen LogP contribution in [0, 0.1) is 0 Å². The summed E-state index contributed by atoms with van der Waals surface area (Å²) >= 11 is 0. The van der Waals surface area contributed by atoms with Crippen molar-refractivity contribution in [2.45, 2.75) is 86.4 Å². The van der Waals surface area contributed by atoms with Gasteiger partial charge in [0.2, 0.25) is 23.8 Å². The smallest absolute Gasteiger partial charge is 0.341 e. The molecule has 0 unspecified atom stereocenters. The van der Waals surface area contributed by atoms with Crippen LogP contribution in [0.1, 0.15) is 50.2 Å². The fraction of sp³-hybridized carbons (Fsp3) is 0.750. The molecule has 2 aliphatic heterocycles. The van der Waals surface area contributed by atoms with Crippen molar-refractivity contribution in [3.05, 3.63) is 11.6 Å². The molecular formula is C24H21F18N9. The van der Waals surface area contributed by atoms with Crippen molar-refractivity contribution in [1.29, 1.82) is 0 Å². The highest BCUT2D eigenvalue weighted by molar-refractivity contribution is 5.51. The van der Waals surface area contributed by atoms with Crippen LogP contribution in [0.3, 0.4) is 0 Å². The molecule has 27 heteroatoms. The lowest BCUT2D eigenvalue weighted by Gasteiger charge is -2.39. The third-order valence-electron chi connectivity index (χ3n) is 7.97. The van der Waals surface area contributed by atoms with Crippen LogP contribution in [0.4, 0.5) is 103 Å². The second-order valence-electron chi connectivity index (χ2n) is 11.3. The van der Waals surface area contributed by atoms with E-state index in [2.05, 4.69) is 24.9 Å². The Balaban J connectivity index is 2.11. The fourth-order valence-corrected chi connectivity index (χ4v) is 5.47. The Morgan fingerprint density at radius 1 is 0.353 bits per heavy atom. The summed E-state index contributed by atoms with van der Waals surface area (Å²) in [5.74, 6) is -12.5. The molecule has 0 atom stereocenters. The summed E-state index contributed by atoms with van der Waals surface area (Å²) < 4.78 is 252. The van der Waals surface area contributed by atoms with Gasteiger partial charge in [-0.25, -0.2) is 4.98 Å². The van der Waals surface area contributed by atoms with Crippen molar-refractivity contribution in [1.82, 2.24) is 29.9 Å². The van der Waals surface area contributed by atoms with E-state index < -0.39 is 71.4 Å². The van der Waals surface area contributed by atoms with E-state index in [4.69, 9.17) is 0 Å². The zero-order chi connectivity index (χ0) is 38.6. The van der Waals surface area contributed by atoms with Gasteiger partial charge in [0.15, 0.2) is 11.6 Å². The van der Waals surface area contributed by atoms with E-state index in [-0.39, 0.29) is 38.1 Å². The number of alkyl halides is 18. The zero-order valence-electron chi connectivity index (χ0n) is 25.0. The molecule has 0 aliphatic carbocycles. The maximum atomic E-state index is 14.0. The highest BCUT2D eigenvalue weighted by Crippen LogP contribution is 2.62. The number of nitrogens with zero attached hydrogens (tertiary/aromatic N) is 8. The monoisotopic (exact) mass is 777 g/mol. The predicted octanol–water partition coefficient (Wildman–Crippen LogP) is 7.63. The Labute approximate surface area is 272 Å². The third kappa shape index (κ3) is 6.91. The second kappa shape index (κ2) is 13.0. The van der Waals surface area contributed by atoms with Gasteiger partial charge in [-0.05, 0) is 38.5 Å². The molecule has 2 aliphatic rings. The van der Waals surface area contributed by atoms with Crippen molar-refractivity contribution in [2.75, 3.05) is 41.3 Å². The molecule has 288 valence electrons. The number of nitrogens with one attached hydrogen (secondary N) is 1. The van der Waals surface area contributed by atoms with Crippen molar-refractivity contribution >= 4 is 23.8 Å². The molecule has 0 radical (unpaired) electrons. The summed E-state index contributed by atoms with van der Waals surface area (Å²) in [7, 11) is 0. The van der Waals surface area contributed by atoms with Crippen LogP contribution in [0.5, 0.6) is 0 Å². The second-order valence-corrected chi connectivity index (χ2v) is 11.3. The molecule has 0 aromatic carbocycles. The maximum Gasteiger partial charge on any atom is 0.419 e. The molecule has 2 saturated heterocycles. The summed E-state index contributed by atoms with van der Waals surface area (Å²) in [6.45, 7) is 0.831. The van der Waals surface area contributed by atoms with E-state index in [1.165, 1.54) is 20.1 Å². The highest BCUT2D eigenvalue weighted by atomic mass is 19.4. The summed E-state index contributed by atoms with van der Waals surface area (Å²) in [4.78, 5) is 20.4. The maximum absolute atomic E-state index is 14.0. The average Bonchev–Trinajstić information content (AvgIpc) is 2.94. The van der Waals surface area contributed by atoms with E-state index in [9.17, 15) is 79.0 Å². The van der Waals surface area contributed by atoms with Crippen molar-refractivity contribution in [3.63, 3.8) is 0 Å². The van der Waals surface area contributed by atoms with Gasteiger partial charge in [0.05, 0.1) is 0 Å². The van der Waals surface area contributed by atoms with Gasteiger partial charge in [-0.3, -0.25) is 5.32 Å². The van der Waals surface area contributed by atoms with Crippen LogP contribution in [0.2, 0.25) is 0 Å². The van der Waals surface area contributed by atoms with Gasteiger partial charge in [0, 0.05) is 26.2 Å². The van der Waals surface area contributed by atoms with Crippen LogP contribution in [0.25, 0.3) is 0 Å². The summed E-state index contributed by atoms with van der Waals surface area (Å²) in [5, 5.41) is 1.41. The molecule has 2 fully saturated rings. The summed E-state index contributed by atoms with van der Waals surface area (Å²) in [6.07, 6.45) is -43.4. The number of rotatable bonds is 6. The summed E-state index contributed by atoms with van der Waals surface area (Å²) in [5.41, 5.74) is -15.1. The van der Waals surface area contributed by atoms with E-state index in [1.54, 1.807) is 0 Å². The first kappa shape index (κ1) is 39.9.